The number of benzene rings is 1. The Bertz CT molecular complexity index is 718. The Morgan fingerprint density at radius 3 is 2.62 bits per heavy atom. The number of aliphatic hydroxyl groups excluding tert-OH is 1. The first-order valence-electron chi connectivity index (χ1n) is 5.97. The zero-order valence-corrected chi connectivity index (χ0v) is 11.6. The van der Waals surface area contributed by atoms with Gasteiger partial charge in [-0.05, 0) is 29.8 Å². The predicted octanol–water partition coefficient (Wildman–Crippen LogP) is 3.19. The summed E-state index contributed by atoms with van der Waals surface area (Å²) in [4.78, 5) is 23.3. The van der Waals surface area contributed by atoms with E-state index in [1.165, 1.54) is 23.5 Å². The third-order valence-electron chi connectivity index (χ3n) is 2.66. The van der Waals surface area contributed by atoms with Gasteiger partial charge in [0.1, 0.15) is 5.82 Å². The molecular weight excluding hydrogens is 295 g/mol. The second-order valence-electron chi connectivity index (χ2n) is 4.27. The number of hydrogen-bond acceptors (Lipinski definition) is 4. The average molecular weight is 306 g/mol. The Kier molecular flexibility index (Phi) is 4.49. The molecule has 2 rings (SSSR count). The van der Waals surface area contributed by atoms with E-state index in [2.05, 4.69) is 0 Å². The highest BCUT2D eigenvalue weighted by Gasteiger charge is 2.12. The quantitative estimate of drug-likeness (QED) is 0.505. The molecule has 21 heavy (non-hydrogen) atoms. The number of carbonyl (C=O) groups is 2. The van der Waals surface area contributed by atoms with Gasteiger partial charge in [0.2, 0.25) is 5.76 Å². The lowest BCUT2D eigenvalue weighted by molar-refractivity contribution is -0.135. The van der Waals surface area contributed by atoms with Crippen LogP contribution in [-0.4, -0.2) is 22.0 Å². The van der Waals surface area contributed by atoms with E-state index < -0.39 is 17.5 Å². The molecule has 0 aliphatic carbocycles. The second-order valence-corrected chi connectivity index (χ2v) is 5.44. The number of thiophene rings is 1. The summed E-state index contributed by atoms with van der Waals surface area (Å²) in [5, 5.41) is 17.5. The van der Waals surface area contributed by atoms with E-state index in [-0.39, 0.29) is 5.82 Å². The van der Waals surface area contributed by atoms with E-state index in [1.807, 2.05) is 0 Å². The van der Waals surface area contributed by atoms with Crippen molar-refractivity contribution in [2.75, 3.05) is 0 Å². The van der Waals surface area contributed by atoms with Crippen LogP contribution in [0.5, 0.6) is 0 Å². The number of aliphatic carboxylic acids is 1. The molecule has 0 aliphatic heterocycles. The number of carbonyl (C=O) groups excluding carboxylic acids is 1. The Morgan fingerprint density at radius 2 is 1.95 bits per heavy atom. The van der Waals surface area contributed by atoms with Crippen molar-refractivity contribution in [2.45, 2.75) is 6.42 Å². The predicted molar refractivity (Wildman–Crippen MR) is 76.2 cm³/mol. The maximum absolute atomic E-state index is 13.1. The second kappa shape index (κ2) is 6.32. The largest absolute Gasteiger partial charge is 0.502 e. The van der Waals surface area contributed by atoms with Gasteiger partial charge in [0.25, 0.3) is 0 Å². The minimum atomic E-state index is -1.56. The number of carboxylic acid groups (broad SMARTS) is 1. The summed E-state index contributed by atoms with van der Waals surface area (Å²) in [5.41, 5.74) is 0.778. The maximum Gasteiger partial charge on any atom is 0.371 e. The van der Waals surface area contributed by atoms with E-state index in [9.17, 15) is 14.0 Å². The van der Waals surface area contributed by atoms with Crippen LogP contribution in [0.25, 0.3) is 0 Å². The van der Waals surface area contributed by atoms with Gasteiger partial charge in [-0.2, -0.15) is 0 Å². The molecule has 0 amide bonds. The van der Waals surface area contributed by atoms with Crippen LogP contribution in [-0.2, 0) is 11.2 Å². The van der Waals surface area contributed by atoms with Crippen molar-refractivity contribution in [1.29, 1.82) is 0 Å². The van der Waals surface area contributed by atoms with Crippen LogP contribution >= 0.6 is 11.3 Å². The van der Waals surface area contributed by atoms with Gasteiger partial charge in [-0.3, -0.25) is 4.79 Å². The summed E-state index contributed by atoms with van der Waals surface area (Å²) in [7, 11) is 0. The van der Waals surface area contributed by atoms with Crippen molar-refractivity contribution in [3.63, 3.8) is 0 Å². The zero-order chi connectivity index (χ0) is 15.4. The molecule has 6 heteroatoms. The number of carboxylic acids is 1. The van der Waals surface area contributed by atoms with Crippen LogP contribution in [0.2, 0.25) is 0 Å². The number of ketones is 1. The lowest BCUT2D eigenvalue weighted by atomic mass is 10.1. The van der Waals surface area contributed by atoms with Crippen molar-refractivity contribution in [1.82, 2.24) is 0 Å². The monoisotopic (exact) mass is 306 g/mol. The van der Waals surface area contributed by atoms with Crippen molar-refractivity contribution < 1.29 is 24.2 Å². The van der Waals surface area contributed by atoms with Gasteiger partial charge in [0.15, 0.2) is 5.78 Å². The Morgan fingerprint density at radius 1 is 1.19 bits per heavy atom. The van der Waals surface area contributed by atoms with E-state index in [0.717, 1.165) is 10.4 Å². The molecule has 2 N–H and O–H groups in total. The van der Waals surface area contributed by atoms with Crippen LogP contribution in [0.1, 0.15) is 20.1 Å². The molecule has 2 aromatic rings. The van der Waals surface area contributed by atoms with Crippen LogP contribution in [0.3, 0.4) is 0 Å². The van der Waals surface area contributed by atoms with E-state index in [0.29, 0.717) is 17.4 Å². The fraction of sp³-hybridized carbons (Fsp3) is 0.0667. The third-order valence-corrected chi connectivity index (χ3v) is 3.76. The molecule has 1 heterocycles. The summed E-state index contributed by atoms with van der Waals surface area (Å²) in [6.45, 7) is 0. The van der Waals surface area contributed by atoms with Gasteiger partial charge in [0.05, 0.1) is 4.88 Å². The molecule has 0 fully saturated rings. The van der Waals surface area contributed by atoms with E-state index >= 15 is 0 Å². The number of allylic oxidation sites excluding steroid dienone is 1. The molecule has 0 saturated carbocycles. The topological polar surface area (TPSA) is 74.6 Å². The van der Waals surface area contributed by atoms with Gasteiger partial charge in [-0.15, -0.1) is 11.3 Å². The number of halogens is 1. The molecule has 0 unspecified atom stereocenters. The van der Waals surface area contributed by atoms with Gasteiger partial charge >= 0.3 is 5.97 Å². The molecule has 1 aromatic heterocycles. The van der Waals surface area contributed by atoms with Crippen LogP contribution in [0.4, 0.5) is 4.39 Å². The molecule has 0 bridgehead atoms. The highest BCUT2D eigenvalue weighted by Crippen LogP contribution is 2.21. The van der Waals surface area contributed by atoms with E-state index in [1.54, 1.807) is 24.3 Å². The molecule has 1 aromatic carbocycles. The van der Waals surface area contributed by atoms with Gasteiger partial charge in [0, 0.05) is 17.4 Å². The maximum atomic E-state index is 13.1. The van der Waals surface area contributed by atoms with Crippen LogP contribution < -0.4 is 0 Å². The van der Waals surface area contributed by atoms with Crippen molar-refractivity contribution in [2.24, 2.45) is 0 Å². The third kappa shape index (κ3) is 4.00. The molecular formula is C15H11FO4S. The first-order valence-corrected chi connectivity index (χ1v) is 6.79. The lowest BCUT2D eigenvalue weighted by Gasteiger charge is -1.98. The number of rotatable bonds is 5. The first-order chi connectivity index (χ1) is 9.95. The Hall–Kier alpha value is -2.47. The highest BCUT2D eigenvalue weighted by atomic mass is 32.1. The summed E-state index contributed by atoms with van der Waals surface area (Å²) >= 11 is 1.17. The Labute approximate surface area is 123 Å². The van der Waals surface area contributed by atoms with Gasteiger partial charge < -0.3 is 10.2 Å². The first kappa shape index (κ1) is 14.9. The summed E-state index contributed by atoms with van der Waals surface area (Å²) < 4.78 is 13.1. The van der Waals surface area contributed by atoms with E-state index in [4.69, 9.17) is 10.2 Å². The SMILES string of the molecule is O=C(O)/C(O)=C/C(=O)c1ccc(Cc2cccc(F)c2)s1. The normalized spacial score (nSPS) is 11.4. The molecule has 0 radical (unpaired) electrons. The molecule has 4 nitrogen and oxygen atoms in total. The molecule has 0 spiro atoms. The zero-order valence-electron chi connectivity index (χ0n) is 10.7. The minimum Gasteiger partial charge on any atom is -0.502 e. The minimum absolute atomic E-state index is 0.314. The molecule has 0 atom stereocenters. The summed E-state index contributed by atoms with van der Waals surface area (Å²) in [5.74, 6) is -3.46. The van der Waals surface area contributed by atoms with Crippen LogP contribution in [0.15, 0.2) is 48.2 Å². The van der Waals surface area contributed by atoms with Gasteiger partial charge in [-0.25, -0.2) is 9.18 Å². The average Bonchev–Trinajstić information content (AvgIpc) is 2.87. The fourth-order valence-electron chi connectivity index (χ4n) is 1.71. The molecule has 108 valence electrons. The Balaban J connectivity index is 2.13. The van der Waals surface area contributed by atoms with Gasteiger partial charge in [-0.1, -0.05) is 12.1 Å². The number of hydrogen-bond donors (Lipinski definition) is 2. The number of aliphatic hydroxyl groups is 1. The smallest absolute Gasteiger partial charge is 0.371 e. The highest BCUT2D eigenvalue weighted by molar-refractivity contribution is 7.14. The summed E-state index contributed by atoms with van der Waals surface area (Å²) in [6.07, 6.45) is 1.14. The molecule has 0 aliphatic rings. The van der Waals surface area contributed by atoms with Crippen LogP contribution in [0, 0.1) is 5.82 Å². The summed E-state index contributed by atoms with van der Waals surface area (Å²) in [6, 6.07) is 9.42. The lowest BCUT2D eigenvalue weighted by Crippen LogP contribution is -2.02. The molecule has 0 saturated heterocycles. The van der Waals surface area contributed by atoms with Crippen molar-refractivity contribution in [3.8, 4) is 0 Å². The van der Waals surface area contributed by atoms with Crippen molar-refractivity contribution >= 4 is 23.1 Å². The van der Waals surface area contributed by atoms with Crippen molar-refractivity contribution in [3.05, 3.63) is 69.4 Å². The standard InChI is InChI=1S/C15H11FO4S/c16-10-3-1-2-9(6-10)7-11-4-5-14(21-11)12(17)8-13(18)15(19)20/h1-6,8,18H,7H2,(H,19,20)/b13-8-. The fourth-order valence-corrected chi connectivity index (χ4v) is 2.66.